The van der Waals surface area contributed by atoms with Crippen LogP contribution in [0, 0.1) is 0 Å². The summed E-state index contributed by atoms with van der Waals surface area (Å²) >= 11 is 1.83. The Balaban J connectivity index is 1.62. The standard InChI is InChI=1S/C20H20N2O2S2/c23-26(24,19-10-4-8-17-9-5-12-21-20(17)19)22-13-11-18(25-15-14-22)16-6-2-1-3-7-16/h1-10,12,18H,11,13-15H2. The van der Waals surface area contributed by atoms with Gasteiger partial charge in [0.25, 0.3) is 0 Å². The second-order valence-electron chi connectivity index (χ2n) is 6.29. The van der Waals surface area contributed by atoms with E-state index in [1.807, 2.05) is 48.2 Å². The van der Waals surface area contributed by atoms with E-state index in [1.54, 1.807) is 22.6 Å². The second-order valence-corrected chi connectivity index (χ2v) is 9.51. The molecular weight excluding hydrogens is 364 g/mol. The lowest BCUT2D eigenvalue weighted by Crippen LogP contribution is -2.33. The minimum Gasteiger partial charge on any atom is -0.255 e. The van der Waals surface area contributed by atoms with E-state index in [9.17, 15) is 8.42 Å². The van der Waals surface area contributed by atoms with Crippen LogP contribution in [0.2, 0.25) is 0 Å². The minimum absolute atomic E-state index is 0.304. The maximum absolute atomic E-state index is 13.3. The molecule has 0 aliphatic carbocycles. The highest BCUT2D eigenvalue weighted by molar-refractivity contribution is 7.99. The van der Waals surface area contributed by atoms with Crippen LogP contribution in [0.4, 0.5) is 0 Å². The Kier molecular flexibility index (Phi) is 4.98. The van der Waals surface area contributed by atoms with E-state index in [2.05, 4.69) is 17.1 Å². The van der Waals surface area contributed by atoms with Crippen molar-refractivity contribution in [1.29, 1.82) is 0 Å². The van der Waals surface area contributed by atoms with Gasteiger partial charge >= 0.3 is 0 Å². The summed E-state index contributed by atoms with van der Waals surface area (Å²) in [7, 11) is -3.56. The van der Waals surface area contributed by atoms with Gasteiger partial charge in [-0.1, -0.05) is 48.5 Å². The van der Waals surface area contributed by atoms with Gasteiger partial charge in [-0.3, -0.25) is 4.98 Å². The molecule has 2 aromatic carbocycles. The minimum atomic E-state index is -3.56. The Hall–Kier alpha value is -1.89. The zero-order chi connectivity index (χ0) is 18.0. The molecule has 6 heteroatoms. The fourth-order valence-corrected chi connectivity index (χ4v) is 6.32. The monoisotopic (exact) mass is 384 g/mol. The molecule has 1 aliphatic rings. The van der Waals surface area contributed by atoms with Crippen molar-refractivity contribution in [2.75, 3.05) is 18.8 Å². The molecule has 1 atom stereocenters. The number of sulfonamides is 1. The lowest BCUT2D eigenvalue weighted by Gasteiger charge is -2.20. The molecule has 0 radical (unpaired) electrons. The van der Waals surface area contributed by atoms with Crippen LogP contribution in [0.5, 0.6) is 0 Å². The molecule has 4 rings (SSSR count). The normalized spacial score (nSPS) is 19.3. The molecule has 1 unspecified atom stereocenters. The van der Waals surface area contributed by atoms with Crippen LogP contribution in [0.3, 0.4) is 0 Å². The lowest BCUT2D eigenvalue weighted by molar-refractivity contribution is 0.428. The van der Waals surface area contributed by atoms with Gasteiger partial charge in [-0.25, -0.2) is 8.42 Å². The summed E-state index contributed by atoms with van der Waals surface area (Å²) in [5.74, 6) is 0.789. The number of para-hydroxylation sites is 1. The average molecular weight is 385 g/mol. The van der Waals surface area contributed by atoms with Gasteiger partial charge < -0.3 is 0 Å². The molecule has 0 amide bonds. The summed E-state index contributed by atoms with van der Waals surface area (Å²) in [6, 6.07) is 19.4. The third-order valence-corrected chi connectivity index (χ3v) is 7.94. The SMILES string of the molecule is O=S(=O)(c1cccc2cccnc12)N1CCSC(c2ccccc2)CC1. The van der Waals surface area contributed by atoms with Crippen molar-refractivity contribution in [1.82, 2.24) is 9.29 Å². The molecule has 1 fully saturated rings. The maximum atomic E-state index is 13.3. The molecule has 1 aromatic heterocycles. The zero-order valence-electron chi connectivity index (χ0n) is 14.3. The summed E-state index contributed by atoms with van der Waals surface area (Å²) in [4.78, 5) is 4.62. The highest BCUT2D eigenvalue weighted by atomic mass is 32.2. The van der Waals surface area contributed by atoms with E-state index in [1.165, 1.54) is 5.56 Å². The van der Waals surface area contributed by atoms with Crippen molar-refractivity contribution in [2.45, 2.75) is 16.6 Å². The number of pyridine rings is 1. The van der Waals surface area contributed by atoms with E-state index in [-0.39, 0.29) is 0 Å². The first-order chi connectivity index (χ1) is 12.7. The largest absolute Gasteiger partial charge is 0.255 e. The molecule has 4 nitrogen and oxygen atoms in total. The predicted molar refractivity (Wildman–Crippen MR) is 107 cm³/mol. The molecule has 26 heavy (non-hydrogen) atoms. The van der Waals surface area contributed by atoms with Gasteiger partial charge in [0.05, 0.1) is 5.52 Å². The Morgan fingerprint density at radius 2 is 1.77 bits per heavy atom. The summed E-state index contributed by atoms with van der Waals surface area (Å²) < 4.78 is 28.2. The van der Waals surface area contributed by atoms with Gasteiger partial charge in [0.15, 0.2) is 0 Å². The van der Waals surface area contributed by atoms with Crippen molar-refractivity contribution < 1.29 is 8.42 Å². The van der Waals surface area contributed by atoms with Crippen LogP contribution < -0.4 is 0 Å². The summed E-state index contributed by atoms with van der Waals surface area (Å²) in [5.41, 5.74) is 1.81. The molecule has 0 spiro atoms. The van der Waals surface area contributed by atoms with Crippen LogP contribution in [-0.4, -0.2) is 36.5 Å². The summed E-state index contributed by atoms with van der Waals surface area (Å²) in [6.07, 6.45) is 2.46. The number of fused-ring (bicyclic) bond motifs is 1. The van der Waals surface area contributed by atoms with E-state index in [4.69, 9.17) is 0 Å². The van der Waals surface area contributed by atoms with Crippen molar-refractivity contribution in [3.63, 3.8) is 0 Å². The number of hydrogen-bond donors (Lipinski definition) is 0. The number of thioether (sulfide) groups is 1. The molecule has 0 N–H and O–H groups in total. The molecule has 0 bridgehead atoms. The van der Waals surface area contributed by atoms with Crippen LogP contribution in [0.15, 0.2) is 71.8 Å². The Bertz CT molecular complexity index is 1000. The first-order valence-corrected chi connectivity index (χ1v) is 11.2. The molecule has 2 heterocycles. The fourth-order valence-electron chi connectivity index (χ4n) is 3.35. The van der Waals surface area contributed by atoms with E-state index in [0.717, 1.165) is 17.6 Å². The van der Waals surface area contributed by atoms with Gasteiger partial charge in [0.1, 0.15) is 4.90 Å². The Morgan fingerprint density at radius 3 is 2.62 bits per heavy atom. The molecule has 1 saturated heterocycles. The third kappa shape index (κ3) is 3.37. The summed E-state index contributed by atoms with van der Waals surface area (Å²) in [6.45, 7) is 1.05. The number of rotatable bonds is 3. The first-order valence-electron chi connectivity index (χ1n) is 8.67. The number of hydrogen-bond acceptors (Lipinski definition) is 4. The van der Waals surface area contributed by atoms with Gasteiger partial charge in [-0.2, -0.15) is 16.1 Å². The quantitative estimate of drug-likeness (QED) is 0.682. The third-order valence-electron chi connectivity index (χ3n) is 4.69. The second kappa shape index (κ2) is 7.39. The predicted octanol–water partition coefficient (Wildman–Crippen LogP) is 4.10. The van der Waals surface area contributed by atoms with Crippen molar-refractivity contribution in [2.24, 2.45) is 0 Å². The van der Waals surface area contributed by atoms with Gasteiger partial charge in [-0.15, -0.1) is 0 Å². The Labute approximate surface area is 158 Å². The maximum Gasteiger partial charge on any atom is 0.245 e. The van der Waals surface area contributed by atoms with E-state index < -0.39 is 10.0 Å². The van der Waals surface area contributed by atoms with Gasteiger partial charge in [-0.05, 0) is 24.1 Å². The topological polar surface area (TPSA) is 50.3 Å². The van der Waals surface area contributed by atoms with Crippen LogP contribution >= 0.6 is 11.8 Å². The molecular formula is C20H20N2O2S2. The number of benzene rings is 2. The fraction of sp³-hybridized carbons (Fsp3) is 0.250. The van der Waals surface area contributed by atoms with Crippen LogP contribution in [0.1, 0.15) is 17.2 Å². The highest BCUT2D eigenvalue weighted by Crippen LogP contribution is 2.36. The first kappa shape index (κ1) is 17.5. The highest BCUT2D eigenvalue weighted by Gasteiger charge is 2.29. The molecule has 0 saturated carbocycles. The molecule has 134 valence electrons. The lowest BCUT2D eigenvalue weighted by atomic mass is 10.1. The Morgan fingerprint density at radius 1 is 0.962 bits per heavy atom. The van der Waals surface area contributed by atoms with Crippen molar-refractivity contribution >= 4 is 32.7 Å². The average Bonchev–Trinajstić information content (AvgIpc) is 2.95. The summed E-state index contributed by atoms with van der Waals surface area (Å²) in [5, 5.41) is 1.18. The zero-order valence-corrected chi connectivity index (χ0v) is 15.9. The molecule has 1 aliphatic heterocycles. The molecule has 3 aromatic rings. The van der Waals surface area contributed by atoms with Gasteiger partial charge in [0.2, 0.25) is 10.0 Å². The van der Waals surface area contributed by atoms with E-state index >= 15 is 0 Å². The van der Waals surface area contributed by atoms with Crippen LogP contribution in [0.25, 0.3) is 10.9 Å². The van der Waals surface area contributed by atoms with E-state index in [0.29, 0.717) is 28.8 Å². The van der Waals surface area contributed by atoms with Crippen molar-refractivity contribution in [3.05, 3.63) is 72.4 Å². The number of aromatic nitrogens is 1. The van der Waals surface area contributed by atoms with Gasteiger partial charge in [0, 0.05) is 35.7 Å². The smallest absolute Gasteiger partial charge is 0.245 e. The van der Waals surface area contributed by atoms with Crippen LogP contribution in [-0.2, 0) is 10.0 Å². The van der Waals surface area contributed by atoms with Crippen molar-refractivity contribution in [3.8, 4) is 0 Å². The number of nitrogens with zero attached hydrogens (tertiary/aromatic N) is 2.